The van der Waals surface area contributed by atoms with Gasteiger partial charge >= 0.3 is 0 Å². The summed E-state index contributed by atoms with van der Waals surface area (Å²) in [6.45, 7) is 0. The van der Waals surface area contributed by atoms with Gasteiger partial charge in [0.2, 0.25) is 0 Å². The summed E-state index contributed by atoms with van der Waals surface area (Å²) < 4.78 is 6.33. The third-order valence-corrected chi connectivity index (χ3v) is 7.59. The van der Waals surface area contributed by atoms with Crippen LogP contribution in [0.3, 0.4) is 0 Å². The Morgan fingerprint density at radius 2 is 0.895 bits per heavy atom. The zero-order valence-electron chi connectivity index (χ0n) is 20.6. The second-order valence-electron chi connectivity index (χ2n) is 9.81. The minimum absolute atomic E-state index is 0.898. The van der Waals surface area contributed by atoms with Crippen LogP contribution in [0.2, 0.25) is 0 Å². The minimum atomic E-state index is 0.898. The van der Waals surface area contributed by atoms with Crippen molar-refractivity contribution in [3.05, 3.63) is 140 Å². The van der Waals surface area contributed by atoms with Crippen LogP contribution >= 0.6 is 0 Å². The fraction of sp³-hybridized carbons (Fsp3) is 0. The maximum atomic E-state index is 6.33. The molecule has 2 nitrogen and oxygen atoms in total. The van der Waals surface area contributed by atoms with E-state index in [-0.39, 0.29) is 0 Å². The van der Waals surface area contributed by atoms with Gasteiger partial charge < -0.3 is 9.32 Å². The second kappa shape index (κ2) is 8.22. The molecule has 38 heavy (non-hydrogen) atoms. The van der Waals surface area contributed by atoms with E-state index < -0.39 is 0 Å². The Morgan fingerprint density at radius 1 is 0.368 bits per heavy atom. The molecule has 178 valence electrons. The predicted molar refractivity (Wildman–Crippen MR) is 161 cm³/mol. The lowest BCUT2D eigenvalue weighted by molar-refractivity contribution is 0.669. The molecule has 0 radical (unpaired) electrons. The lowest BCUT2D eigenvalue weighted by Gasteiger charge is -2.28. The molecule has 0 saturated carbocycles. The second-order valence-corrected chi connectivity index (χ2v) is 9.81. The number of fused-ring (bicyclic) bond motifs is 6. The molecule has 8 rings (SSSR count). The summed E-state index contributed by atoms with van der Waals surface area (Å²) in [7, 11) is 0. The summed E-state index contributed by atoms with van der Waals surface area (Å²) >= 11 is 0. The van der Waals surface area contributed by atoms with Crippen molar-refractivity contribution in [2.75, 3.05) is 4.90 Å². The number of hydrogen-bond donors (Lipinski definition) is 0. The molecular weight excluding hydrogens is 462 g/mol. The van der Waals surface area contributed by atoms with Gasteiger partial charge in [-0.3, -0.25) is 0 Å². The van der Waals surface area contributed by atoms with Gasteiger partial charge in [-0.15, -0.1) is 0 Å². The van der Waals surface area contributed by atoms with Crippen LogP contribution in [0.4, 0.5) is 17.1 Å². The Kier molecular flexibility index (Phi) is 4.55. The molecule has 0 spiro atoms. The van der Waals surface area contributed by atoms with Crippen LogP contribution in [0.15, 0.2) is 144 Å². The molecule has 0 fully saturated rings. The average molecular weight is 486 g/mol. The van der Waals surface area contributed by atoms with E-state index in [1.807, 2.05) is 0 Å². The highest BCUT2D eigenvalue weighted by molar-refractivity contribution is 6.12. The SMILES string of the molecule is c1ccc2cc3c(cc2c1)oc1ccc(N(c2cccc4ccccc24)c2cccc4ccccc24)cc13. The van der Waals surface area contributed by atoms with Crippen molar-refractivity contribution >= 4 is 71.3 Å². The first-order valence-corrected chi connectivity index (χ1v) is 12.9. The lowest BCUT2D eigenvalue weighted by atomic mass is 10.0. The molecule has 2 heteroatoms. The number of anilines is 3. The molecule has 7 aromatic carbocycles. The summed E-state index contributed by atoms with van der Waals surface area (Å²) in [4.78, 5) is 2.39. The molecule has 0 bridgehead atoms. The zero-order chi connectivity index (χ0) is 25.1. The molecule has 0 aliphatic heterocycles. The maximum absolute atomic E-state index is 6.33. The normalized spacial score (nSPS) is 11.7. The number of hydrogen-bond acceptors (Lipinski definition) is 2. The van der Waals surface area contributed by atoms with E-state index in [9.17, 15) is 0 Å². The van der Waals surface area contributed by atoms with Gasteiger partial charge in [-0.25, -0.2) is 0 Å². The zero-order valence-corrected chi connectivity index (χ0v) is 20.6. The van der Waals surface area contributed by atoms with Crippen molar-refractivity contribution in [3.63, 3.8) is 0 Å². The van der Waals surface area contributed by atoms with Crippen LogP contribution < -0.4 is 4.90 Å². The van der Waals surface area contributed by atoms with E-state index in [1.54, 1.807) is 0 Å². The highest BCUT2D eigenvalue weighted by Crippen LogP contribution is 2.43. The van der Waals surface area contributed by atoms with Gasteiger partial charge in [0, 0.05) is 27.2 Å². The van der Waals surface area contributed by atoms with E-state index in [0.29, 0.717) is 0 Å². The summed E-state index contributed by atoms with van der Waals surface area (Å²) in [5, 5.41) is 9.52. The average Bonchev–Trinajstić information content (AvgIpc) is 3.33. The summed E-state index contributed by atoms with van der Waals surface area (Å²) in [6.07, 6.45) is 0. The fourth-order valence-corrected chi connectivity index (χ4v) is 5.80. The Morgan fingerprint density at radius 3 is 1.55 bits per heavy atom. The van der Waals surface area contributed by atoms with Crippen molar-refractivity contribution in [3.8, 4) is 0 Å². The standard InChI is InChI=1S/C36H23NO/c1-2-12-27-22-36-31(21-26(27)11-1)32-23-28(19-20-35(32)38-36)37(33-17-7-13-24-9-3-5-15-29(24)33)34-18-8-14-25-10-4-6-16-30(25)34/h1-23H. The predicted octanol–water partition coefficient (Wildman–Crippen LogP) is 10.5. The van der Waals surface area contributed by atoms with Crippen molar-refractivity contribution < 1.29 is 4.42 Å². The molecule has 0 saturated heterocycles. The van der Waals surface area contributed by atoms with Crippen LogP contribution in [-0.4, -0.2) is 0 Å². The first kappa shape index (κ1) is 21.0. The van der Waals surface area contributed by atoms with E-state index in [4.69, 9.17) is 4.42 Å². The van der Waals surface area contributed by atoms with Crippen LogP contribution in [0, 0.1) is 0 Å². The topological polar surface area (TPSA) is 16.4 Å². The van der Waals surface area contributed by atoms with Crippen molar-refractivity contribution in [2.24, 2.45) is 0 Å². The van der Waals surface area contributed by atoms with Gasteiger partial charge in [0.05, 0.1) is 11.4 Å². The Bertz CT molecular complexity index is 2060. The highest BCUT2D eigenvalue weighted by Gasteiger charge is 2.19. The largest absolute Gasteiger partial charge is 0.456 e. The molecule has 1 heterocycles. The Labute approximate surface area is 220 Å². The van der Waals surface area contributed by atoms with Crippen LogP contribution in [0.25, 0.3) is 54.3 Å². The van der Waals surface area contributed by atoms with Gasteiger partial charge in [-0.05, 0) is 64.0 Å². The van der Waals surface area contributed by atoms with Gasteiger partial charge in [0.15, 0.2) is 0 Å². The molecule has 0 aliphatic rings. The molecule has 0 atom stereocenters. The van der Waals surface area contributed by atoms with Crippen LogP contribution in [-0.2, 0) is 0 Å². The number of benzene rings is 7. The van der Waals surface area contributed by atoms with E-state index in [1.165, 1.54) is 32.3 Å². The third kappa shape index (κ3) is 3.21. The fourth-order valence-electron chi connectivity index (χ4n) is 5.80. The van der Waals surface area contributed by atoms with Crippen LogP contribution in [0.1, 0.15) is 0 Å². The van der Waals surface area contributed by atoms with E-state index >= 15 is 0 Å². The Balaban J connectivity index is 1.44. The molecular formula is C36H23NO. The van der Waals surface area contributed by atoms with Crippen molar-refractivity contribution in [2.45, 2.75) is 0 Å². The molecule has 1 aromatic heterocycles. The van der Waals surface area contributed by atoms with Crippen molar-refractivity contribution in [1.82, 2.24) is 0 Å². The van der Waals surface area contributed by atoms with E-state index in [2.05, 4.69) is 144 Å². The minimum Gasteiger partial charge on any atom is -0.456 e. The van der Waals surface area contributed by atoms with Gasteiger partial charge in [0.25, 0.3) is 0 Å². The van der Waals surface area contributed by atoms with Gasteiger partial charge in [-0.2, -0.15) is 0 Å². The maximum Gasteiger partial charge on any atom is 0.136 e. The number of furan rings is 1. The van der Waals surface area contributed by atoms with E-state index in [0.717, 1.165) is 39.0 Å². The molecule has 8 aromatic rings. The summed E-state index contributed by atoms with van der Waals surface area (Å²) in [6, 6.07) is 49.7. The number of rotatable bonds is 3. The summed E-state index contributed by atoms with van der Waals surface area (Å²) in [5.41, 5.74) is 5.21. The molecule has 0 aliphatic carbocycles. The molecule has 0 unspecified atom stereocenters. The van der Waals surface area contributed by atoms with Crippen LogP contribution in [0.5, 0.6) is 0 Å². The smallest absolute Gasteiger partial charge is 0.136 e. The lowest BCUT2D eigenvalue weighted by Crippen LogP contribution is -2.11. The highest BCUT2D eigenvalue weighted by atomic mass is 16.3. The molecule has 0 N–H and O–H groups in total. The van der Waals surface area contributed by atoms with Gasteiger partial charge in [0.1, 0.15) is 11.2 Å². The monoisotopic (exact) mass is 485 g/mol. The van der Waals surface area contributed by atoms with Crippen molar-refractivity contribution in [1.29, 1.82) is 0 Å². The summed E-state index contributed by atoms with van der Waals surface area (Å²) in [5.74, 6) is 0. The van der Waals surface area contributed by atoms with Gasteiger partial charge in [-0.1, -0.05) is 97.1 Å². The molecule has 0 amide bonds. The first-order valence-electron chi connectivity index (χ1n) is 12.9. The number of nitrogens with zero attached hydrogens (tertiary/aromatic N) is 1. The Hall–Kier alpha value is -5.08. The quantitative estimate of drug-likeness (QED) is 0.247. The first-order chi connectivity index (χ1) is 18.8. The third-order valence-electron chi connectivity index (χ3n) is 7.59.